The third-order valence-corrected chi connectivity index (χ3v) is 3.11. The quantitative estimate of drug-likeness (QED) is 0.646. The first kappa shape index (κ1) is 17.7. The number of hydrogen-bond donors (Lipinski definition) is 2. The van der Waals surface area contributed by atoms with Crippen LogP contribution in [0.4, 0.5) is 11.6 Å². The molecule has 0 saturated heterocycles. The zero-order valence-electron chi connectivity index (χ0n) is 14.1. The van der Waals surface area contributed by atoms with Gasteiger partial charge in [0.05, 0.1) is 6.10 Å². The van der Waals surface area contributed by atoms with Crippen molar-refractivity contribution in [3.8, 4) is 0 Å². The van der Waals surface area contributed by atoms with Crippen LogP contribution in [0, 0.1) is 13.8 Å². The SMILES string of the molecule is CCCNc1nc(C)nc(NCCCCOC(C)C)c1C. The standard InChI is InChI=1S/C16H30N4O/c1-6-9-17-15-13(4)16(20-14(5)19-15)18-10-7-8-11-21-12(2)3/h12H,6-11H2,1-5H3,(H2,17,18,19,20). The maximum atomic E-state index is 5.54. The maximum Gasteiger partial charge on any atom is 0.134 e. The largest absolute Gasteiger partial charge is 0.379 e. The van der Waals surface area contributed by atoms with E-state index in [9.17, 15) is 0 Å². The van der Waals surface area contributed by atoms with E-state index in [4.69, 9.17) is 4.74 Å². The fourth-order valence-electron chi connectivity index (χ4n) is 1.97. The highest BCUT2D eigenvalue weighted by molar-refractivity contribution is 5.57. The summed E-state index contributed by atoms with van der Waals surface area (Å²) in [7, 11) is 0. The molecular formula is C16H30N4O. The summed E-state index contributed by atoms with van der Waals surface area (Å²) in [6, 6.07) is 0. The van der Waals surface area contributed by atoms with Gasteiger partial charge in [-0.1, -0.05) is 6.92 Å². The molecule has 0 unspecified atom stereocenters. The van der Waals surface area contributed by atoms with Crippen molar-refractivity contribution in [2.75, 3.05) is 30.3 Å². The van der Waals surface area contributed by atoms with E-state index in [1.165, 1.54) is 0 Å². The molecule has 0 saturated carbocycles. The molecule has 0 spiro atoms. The van der Waals surface area contributed by atoms with Crippen molar-refractivity contribution < 1.29 is 4.74 Å². The second kappa shape index (κ2) is 9.55. The molecule has 21 heavy (non-hydrogen) atoms. The Morgan fingerprint density at radius 1 is 1.00 bits per heavy atom. The molecule has 5 nitrogen and oxygen atoms in total. The fourth-order valence-corrected chi connectivity index (χ4v) is 1.97. The van der Waals surface area contributed by atoms with Crippen molar-refractivity contribution >= 4 is 11.6 Å². The van der Waals surface area contributed by atoms with Crippen LogP contribution in [0.2, 0.25) is 0 Å². The van der Waals surface area contributed by atoms with E-state index in [2.05, 4.69) is 48.3 Å². The second-order valence-corrected chi connectivity index (χ2v) is 5.57. The molecule has 0 amide bonds. The number of aryl methyl sites for hydroxylation is 1. The lowest BCUT2D eigenvalue weighted by Crippen LogP contribution is -2.12. The third-order valence-electron chi connectivity index (χ3n) is 3.11. The predicted molar refractivity (Wildman–Crippen MR) is 89.1 cm³/mol. The highest BCUT2D eigenvalue weighted by Gasteiger charge is 2.08. The van der Waals surface area contributed by atoms with Crippen LogP contribution in [0.3, 0.4) is 0 Å². The van der Waals surface area contributed by atoms with Gasteiger partial charge in [-0.2, -0.15) is 0 Å². The molecule has 0 radical (unpaired) electrons. The molecule has 2 N–H and O–H groups in total. The Labute approximate surface area is 128 Å². The van der Waals surface area contributed by atoms with Crippen molar-refractivity contribution in [3.05, 3.63) is 11.4 Å². The van der Waals surface area contributed by atoms with Crippen molar-refractivity contribution in [3.63, 3.8) is 0 Å². The zero-order chi connectivity index (χ0) is 15.7. The number of ether oxygens (including phenoxy) is 1. The molecule has 0 aliphatic rings. The van der Waals surface area contributed by atoms with Gasteiger partial charge in [-0.3, -0.25) is 0 Å². The maximum absolute atomic E-state index is 5.54. The Morgan fingerprint density at radius 2 is 1.62 bits per heavy atom. The number of nitrogens with one attached hydrogen (secondary N) is 2. The summed E-state index contributed by atoms with van der Waals surface area (Å²) in [6.45, 7) is 12.9. The molecule has 0 aliphatic heterocycles. The average molecular weight is 294 g/mol. The molecular weight excluding hydrogens is 264 g/mol. The normalized spacial score (nSPS) is 11.0. The first-order chi connectivity index (χ1) is 10.0. The van der Waals surface area contributed by atoms with E-state index in [0.717, 1.165) is 62.0 Å². The number of rotatable bonds is 10. The van der Waals surface area contributed by atoms with Crippen LogP contribution in [0.5, 0.6) is 0 Å². The lowest BCUT2D eigenvalue weighted by atomic mass is 10.2. The summed E-state index contributed by atoms with van der Waals surface area (Å²) in [5.74, 6) is 2.67. The number of aromatic nitrogens is 2. The fraction of sp³-hybridized carbons (Fsp3) is 0.750. The van der Waals surface area contributed by atoms with E-state index in [0.29, 0.717) is 6.10 Å². The molecule has 0 bridgehead atoms. The van der Waals surface area contributed by atoms with Crippen molar-refractivity contribution in [1.82, 2.24) is 9.97 Å². The van der Waals surface area contributed by atoms with E-state index in [1.807, 2.05) is 6.92 Å². The Morgan fingerprint density at radius 3 is 2.19 bits per heavy atom. The first-order valence-corrected chi connectivity index (χ1v) is 7.99. The van der Waals surface area contributed by atoms with E-state index in [-0.39, 0.29) is 0 Å². The van der Waals surface area contributed by atoms with Gasteiger partial charge in [-0.05, 0) is 47.0 Å². The number of nitrogens with zero attached hydrogens (tertiary/aromatic N) is 2. The lowest BCUT2D eigenvalue weighted by Gasteiger charge is -2.14. The van der Waals surface area contributed by atoms with Gasteiger partial charge in [-0.15, -0.1) is 0 Å². The molecule has 0 fully saturated rings. The number of hydrogen-bond acceptors (Lipinski definition) is 5. The van der Waals surface area contributed by atoms with E-state index < -0.39 is 0 Å². The van der Waals surface area contributed by atoms with Gasteiger partial charge in [0, 0.05) is 25.3 Å². The van der Waals surface area contributed by atoms with E-state index in [1.54, 1.807) is 0 Å². The van der Waals surface area contributed by atoms with Gasteiger partial charge in [0.2, 0.25) is 0 Å². The summed E-state index contributed by atoms with van der Waals surface area (Å²) in [5, 5.41) is 6.77. The average Bonchev–Trinajstić information content (AvgIpc) is 2.43. The van der Waals surface area contributed by atoms with Gasteiger partial charge in [0.25, 0.3) is 0 Å². The summed E-state index contributed by atoms with van der Waals surface area (Å²) in [5.41, 5.74) is 1.09. The smallest absolute Gasteiger partial charge is 0.134 e. The van der Waals surface area contributed by atoms with Crippen LogP contribution in [0.25, 0.3) is 0 Å². The summed E-state index contributed by atoms with van der Waals surface area (Å²) in [6.07, 6.45) is 3.54. The minimum atomic E-state index is 0.317. The van der Waals surface area contributed by atoms with Gasteiger partial charge >= 0.3 is 0 Å². The molecule has 1 heterocycles. The molecule has 1 rings (SSSR count). The monoisotopic (exact) mass is 294 g/mol. The number of unbranched alkanes of at least 4 members (excludes halogenated alkanes) is 1. The molecule has 0 aliphatic carbocycles. The van der Waals surface area contributed by atoms with Crippen LogP contribution in [-0.2, 0) is 4.74 Å². The number of anilines is 2. The van der Waals surface area contributed by atoms with Gasteiger partial charge in [0.15, 0.2) is 0 Å². The lowest BCUT2D eigenvalue weighted by molar-refractivity contribution is 0.0765. The van der Waals surface area contributed by atoms with Crippen LogP contribution >= 0.6 is 0 Å². The molecule has 5 heteroatoms. The van der Waals surface area contributed by atoms with Gasteiger partial charge in [0.1, 0.15) is 17.5 Å². The predicted octanol–water partition coefficient (Wildman–Crippen LogP) is 3.53. The van der Waals surface area contributed by atoms with E-state index >= 15 is 0 Å². The molecule has 0 atom stereocenters. The molecule has 0 aromatic carbocycles. The summed E-state index contributed by atoms with van der Waals surface area (Å²) < 4.78 is 5.54. The molecule has 1 aromatic heterocycles. The Balaban J connectivity index is 2.45. The van der Waals surface area contributed by atoms with Crippen molar-refractivity contribution in [2.45, 2.75) is 60.0 Å². The van der Waals surface area contributed by atoms with Crippen LogP contribution in [0.1, 0.15) is 51.4 Å². The minimum Gasteiger partial charge on any atom is -0.379 e. The van der Waals surface area contributed by atoms with Crippen molar-refractivity contribution in [2.24, 2.45) is 0 Å². The van der Waals surface area contributed by atoms with Crippen LogP contribution in [0.15, 0.2) is 0 Å². The van der Waals surface area contributed by atoms with Crippen LogP contribution < -0.4 is 10.6 Å². The molecule has 120 valence electrons. The Kier molecular flexibility index (Phi) is 8.05. The zero-order valence-corrected chi connectivity index (χ0v) is 14.1. The third kappa shape index (κ3) is 6.76. The van der Waals surface area contributed by atoms with Crippen molar-refractivity contribution in [1.29, 1.82) is 0 Å². The molecule has 1 aromatic rings. The van der Waals surface area contributed by atoms with Gasteiger partial charge < -0.3 is 15.4 Å². The highest BCUT2D eigenvalue weighted by Crippen LogP contribution is 2.19. The summed E-state index contributed by atoms with van der Waals surface area (Å²) in [4.78, 5) is 8.96. The Bertz CT molecular complexity index is 421. The van der Waals surface area contributed by atoms with Crippen LogP contribution in [-0.4, -0.2) is 35.8 Å². The second-order valence-electron chi connectivity index (χ2n) is 5.57. The highest BCUT2D eigenvalue weighted by atomic mass is 16.5. The Hall–Kier alpha value is -1.36. The van der Waals surface area contributed by atoms with Gasteiger partial charge in [-0.25, -0.2) is 9.97 Å². The first-order valence-electron chi connectivity index (χ1n) is 7.99. The topological polar surface area (TPSA) is 59.1 Å². The minimum absolute atomic E-state index is 0.317. The summed E-state index contributed by atoms with van der Waals surface area (Å²) >= 11 is 0.